The molecule has 5 nitrogen and oxygen atoms in total. The number of hydrogen-bond acceptors (Lipinski definition) is 4. The lowest BCUT2D eigenvalue weighted by atomic mass is 10.0. The molecule has 0 spiro atoms. The van der Waals surface area contributed by atoms with E-state index in [0.29, 0.717) is 12.3 Å². The average molecular weight is 482 g/mol. The number of aromatic nitrogens is 2. The minimum absolute atomic E-state index is 0.243. The van der Waals surface area contributed by atoms with Crippen molar-refractivity contribution in [2.75, 3.05) is 18.1 Å². The van der Waals surface area contributed by atoms with E-state index in [1.807, 2.05) is 28.8 Å². The van der Waals surface area contributed by atoms with Gasteiger partial charge in [-0.3, -0.25) is 4.40 Å². The van der Waals surface area contributed by atoms with Crippen LogP contribution in [0.5, 0.6) is 0 Å². The topological polar surface area (TPSA) is 63.5 Å². The molecule has 2 aromatic heterocycles. The van der Waals surface area contributed by atoms with Gasteiger partial charge in [-0.1, -0.05) is 96.5 Å². The van der Waals surface area contributed by atoms with Crippen LogP contribution >= 0.6 is 11.8 Å². The maximum absolute atomic E-state index is 12.2. The average Bonchev–Trinajstić information content (AvgIpc) is 3.26. The fraction of sp³-hybridized carbons (Fsp3) is 0.720. The number of hydrogen-bond donors (Lipinski definition) is 1. The van der Waals surface area contributed by atoms with E-state index in [1.165, 1.54) is 70.6 Å². The number of fused-ring (bicyclic) bond motifs is 1. The predicted octanol–water partition coefficient (Wildman–Crippen LogP) is 6.83. The number of nitrogens with zero attached hydrogens (tertiary/aromatic N) is 2. The van der Waals surface area contributed by atoms with Gasteiger partial charge >= 0.3 is 0 Å². The van der Waals surface area contributed by atoms with E-state index in [1.54, 1.807) is 18.0 Å². The van der Waals surface area contributed by atoms with Gasteiger partial charge in [0.1, 0.15) is 5.65 Å². The quantitative estimate of drug-likeness (QED) is 0.166. The molecule has 2 rings (SSSR count). The highest BCUT2D eigenvalue weighted by Gasteiger charge is 2.09. The first-order valence-corrected chi connectivity index (χ1v) is 15.3. The zero-order valence-electron chi connectivity index (χ0n) is 19.9. The van der Waals surface area contributed by atoms with Gasteiger partial charge in [0.05, 0.1) is 10.8 Å². The molecule has 0 fully saturated rings. The molecule has 32 heavy (non-hydrogen) atoms. The Morgan fingerprint density at radius 1 is 0.875 bits per heavy atom. The van der Waals surface area contributed by atoms with Crippen LogP contribution in [-0.4, -0.2) is 35.9 Å². The molecular formula is C25H43N3O2S2. The Balaban J connectivity index is 1.41. The fourth-order valence-electron chi connectivity index (χ4n) is 3.95. The number of unbranched alkanes of at least 4 members (excludes halogenated alkanes) is 13. The van der Waals surface area contributed by atoms with E-state index in [0.717, 1.165) is 29.9 Å². The first-order chi connectivity index (χ1) is 15.6. The molecular weight excluding hydrogens is 438 g/mol. The second-order valence-electron chi connectivity index (χ2n) is 8.68. The van der Waals surface area contributed by atoms with Crippen LogP contribution in [-0.2, 0) is 10.0 Å². The van der Waals surface area contributed by atoms with Gasteiger partial charge in [0, 0.05) is 24.7 Å². The highest BCUT2D eigenvalue weighted by atomic mass is 32.2. The fourth-order valence-corrected chi connectivity index (χ4v) is 6.10. The molecule has 0 radical (unpaired) electrons. The molecule has 0 atom stereocenters. The summed E-state index contributed by atoms with van der Waals surface area (Å²) < 4.78 is 29.2. The van der Waals surface area contributed by atoms with Crippen LogP contribution in [0.25, 0.3) is 5.65 Å². The number of pyridine rings is 1. The van der Waals surface area contributed by atoms with E-state index >= 15 is 0 Å². The van der Waals surface area contributed by atoms with Gasteiger partial charge in [-0.15, -0.1) is 11.8 Å². The Kier molecular flexibility index (Phi) is 14.1. The summed E-state index contributed by atoms with van der Waals surface area (Å²) in [5.74, 6) is 0.946. The van der Waals surface area contributed by atoms with Gasteiger partial charge in [0.25, 0.3) is 0 Å². The minimum atomic E-state index is -3.17. The Morgan fingerprint density at radius 3 is 2.09 bits per heavy atom. The molecule has 0 bridgehead atoms. The standard InChI is InChI=1S/C25H43N3O2S2/c1-2-3-4-5-6-7-8-9-10-11-12-13-14-15-23-32(29,30)27-20-22-31-25-18-16-17-24-26-19-21-28(24)25/h16-19,21,27H,2-15,20,22-23H2,1H3. The third-order valence-corrected chi connectivity index (χ3v) is 8.34. The molecule has 0 saturated carbocycles. The van der Waals surface area contributed by atoms with Crippen molar-refractivity contribution in [3.8, 4) is 0 Å². The summed E-state index contributed by atoms with van der Waals surface area (Å²) in [6, 6.07) is 5.97. The highest BCUT2D eigenvalue weighted by molar-refractivity contribution is 7.99. The molecule has 182 valence electrons. The maximum atomic E-state index is 12.2. The second kappa shape index (κ2) is 16.5. The summed E-state index contributed by atoms with van der Waals surface area (Å²) >= 11 is 1.64. The van der Waals surface area contributed by atoms with Gasteiger partial charge < -0.3 is 0 Å². The molecule has 0 amide bonds. The molecule has 0 saturated heterocycles. The van der Waals surface area contributed by atoms with E-state index in [-0.39, 0.29) is 5.75 Å². The van der Waals surface area contributed by atoms with E-state index < -0.39 is 10.0 Å². The number of rotatable bonds is 20. The molecule has 0 aliphatic rings. The summed E-state index contributed by atoms with van der Waals surface area (Å²) in [5.41, 5.74) is 0.911. The van der Waals surface area contributed by atoms with Crippen LogP contribution < -0.4 is 4.72 Å². The number of sulfonamides is 1. The summed E-state index contributed by atoms with van der Waals surface area (Å²) in [6.45, 7) is 2.72. The Bertz CT molecular complexity index is 837. The number of nitrogens with one attached hydrogen (secondary N) is 1. The normalized spacial score (nSPS) is 12.0. The molecule has 0 aromatic carbocycles. The van der Waals surface area contributed by atoms with Crippen molar-refractivity contribution in [3.63, 3.8) is 0 Å². The number of thioether (sulfide) groups is 1. The smallest absolute Gasteiger partial charge is 0.211 e. The highest BCUT2D eigenvalue weighted by Crippen LogP contribution is 2.18. The Morgan fingerprint density at radius 2 is 1.47 bits per heavy atom. The Labute approximate surface area is 200 Å². The molecule has 0 aliphatic carbocycles. The van der Waals surface area contributed by atoms with Crippen molar-refractivity contribution in [2.45, 2.75) is 102 Å². The summed E-state index contributed by atoms with van der Waals surface area (Å²) in [6.07, 6.45) is 21.6. The Hall–Kier alpha value is -1.05. The van der Waals surface area contributed by atoms with Crippen LogP contribution in [0.4, 0.5) is 0 Å². The van der Waals surface area contributed by atoms with Gasteiger partial charge in [0.15, 0.2) is 0 Å². The van der Waals surface area contributed by atoms with Crippen LogP contribution in [0.2, 0.25) is 0 Å². The van der Waals surface area contributed by atoms with Crippen LogP contribution in [0.1, 0.15) is 96.8 Å². The molecule has 7 heteroatoms. The van der Waals surface area contributed by atoms with E-state index in [2.05, 4.69) is 16.6 Å². The molecule has 0 unspecified atom stereocenters. The van der Waals surface area contributed by atoms with Gasteiger partial charge in [-0.05, 0) is 18.6 Å². The first-order valence-electron chi connectivity index (χ1n) is 12.6. The number of imidazole rings is 1. The lowest BCUT2D eigenvalue weighted by Crippen LogP contribution is -2.28. The van der Waals surface area contributed by atoms with Crippen LogP contribution in [0, 0.1) is 0 Å². The zero-order chi connectivity index (χ0) is 22.9. The monoisotopic (exact) mass is 481 g/mol. The van der Waals surface area contributed by atoms with Crippen molar-refractivity contribution in [1.82, 2.24) is 14.1 Å². The molecule has 2 heterocycles. The second-order valence-corrected chi connectivity index (χ2v) is 11.7. The molecule has 0 aliphatic heterocycles. The van der Waals surface area contributed by atoms with Crippen molar-refractivity contribution in [2.24, 2.45) is 0 Å². The first kappa shape index (κ1) is 27.2. The summed E-state index contributed by atoms with van der Waals surface area (Å²) in [7, 11) is -3.17. The summed E-state index contributed by atoms with van der Waals surface area (Å²) in [4.78, 5) is 4.27. The SMILES string of the molecule is CCCCCCCCCCCCCCCCS(=O)(=O)NCCSc1cccc2nccn12. The van der Waals surface area contributed by atoms with Gasteiger partial charge in [0.2, 0.25) is 10.0 Å². The predicted molar refractivity (Wildman–Crippen MR) is 138 cm³/mol. The zero-order valence-corrected chi connectivity index (χ0v) is 21.6. The van der Waals surface area contributed by atoms with Gasteiger partial charge in [-0.25, -0.2) is 18.1 Å². The molecule has 2 aromatic rings. The lowest BCUT2D eigenvalue weighted by Gasteiger charge is -2.08. The van der Waals surface area contributed by atoms with Crippen LogP contribution in [0.3, 0.4) is 0 Å². The third kappa shape index (κ3) is 11.7. The minimum Gasteiger partial charge on any atom is -0.294 e. The van der Waals surface area contributed by atoms with Crippen molar-refractivity contribution in [1.29, 1.82) is 0 Å². The summed E-state index contributed by atoms with van der Waals surface area (Å²) in [5, 5.41) is 1.08. The largest absolute Gasteiger partial charge is 0.294 e. The molecule has 1 N–H and O–H groups in total. The van der Waals surface area contributed by atoms with Crippen molar-refractivity contribution < 1.29 is 8.42 Å². The third-order valence-electron chi connectivity index (χ3n) is 5.83. The van der Waals surface area contributed by atoms with Crippen LogP contribution in [0.15, 0.2) is 35.6 Å². The van der Waals surface area contributed by atoms with Gasteiger partial charge in [-0.2, -0.15) is 0 Å². The van der Waals surface area contributed by atoms with E-state index in [4.69, 9.17) is 0 Å². The van der Waals surface area contributed by atoms with Crippen molar-refractivity contribution >= 4 is 27.4 Å². The van der Waals surface area contributed by atoms with E-state index in [9.17, 15) is 8.42 Å². The maximum Gasteiger partial charge on any atom is 0.211 e. The lowest BCUT2D eigenvalue weighted by molar-refractivity contribution is 0.536. The van der Waals surface area contributed by atoms with Crippen molar-refractivity contribution in [3.05, 3.63) is 30.6 Å².